The Balaban J connectivity index is 2.13. The molecule has 102 valence electrons. The zero-order chi connectivity index (χ0) is 13.8. The zero-order valence-electron chi connectivity index (χ0n) is 10.8. The van der Waals surface area contributed by atoms with Crippen LogP contribution in [0.15, 0.2) is 22.6 Å². The molecule has 2 N–H and O–H groups in total. The number of nitrogens with one attached hydrogen (secondary N) is 2. The number of aryl methyl sites for hydroxylation is 1. The van der Waals surface area contributed by atoms with Crippen molar-refractivity contribution in [3.63, 3.8) is 0 Å². The lowest BCUT2D eigenvalue weighted by Gasteiger charge is -2.09. The second-order valence-corrected chi connectivity index (χ2v) is 4.05. The Morgan fingerprint density at radius 3 is 2.42 bits per heavy atom. The average Bonchev–Trinajstić information content (AvgIpc) is 2.77. The largest absolute Gasteiger partial charge is 0.465 e. The lowest BCUT2D eigenvalue weighted by atomic mass is 10.3. The van der Waals surface area contributed by atoms with Crippen molar-refractivity contribution in [2.45, 2.75) is 20.4 Å². The SMILES string of the molecule is CCNc1nc(NCc2ccc(C)o2)c(F)cc1F. The second kappa shape index (κ2) is 5.69. The fraction of sp³-hybridized carbons (Fsp3) is 0.308. The molecule has 0 saturated heterocycles. The van der Waals surface area contributed by atoms with Crippen LogP contribution in [-0.2, 0) is 6.54 Å². The van der Waals surface area contributed by atoms with Gasteiger partial charge in [0.2, 0.25) is 0 Å². The van der Waals surface area contributed by atoms with Gasteiger partial charge in [0.1, 0.15) is 11.5 Å². The summed E-state index contributed by atoms with van der Waals surface area (Å²) in [6.07, 6.45) is 0. The summed E-state index contributed by atoms with van der Waals surface area (Å²) in [6, 6.07) is 4.41. The van der Waals surface area contributed by atoms with Crippen LogP contribution >= 0.6 is 0 Å². The molecule has 2 rings (SSSR count). The molecule has 0 aliphatic heterocycles. The second-order valence-electron chi connectivity index (χ2n) is 4.05. The number of pyridine rings is 1. The minimum Gasteiger partial charge on any atom is -0.465 e. The van der Waals surface area contributed by atoms with Crippen molar-refractivity contribution in [3.8, 4) is 0 Å². The van der Waals surface area contributed by atoms with Gasteiger partial charge in [-0.15, -0.1) is 0 Å². The first-order valence-electron chi connectivity index (χ1n) is 5.99. The molecule has 2 heterocycles. The third-order valence-electron chi connectivity index (χ3n) is 2.50. The average molecular weight is 267 g/mol. The molecule has 0 aliphatic carbocycles. The summed E-state index contributed by atoms with van der Waals surface area (Å²) in [5.74, 6) is 0.0142. The van der Waals surface area contributed by atoms with Crippen molar-refractivity contribution < 1.29 is 13.2 Å². The first-order chi connectivity index (χ1) is 9.10. The van der Waals surface area contributed by atoms with Gasteiger partial charge >= 0.3 is 0 Å². The summed E-state index contributed by atoms with van der Waals surface area (Å²) in [5, 5.41) is 5.51. The van der Waals surface area contributed by atoms with Crippen LogP contribution in [0.1, 0.15) is 18.4 Å². The lowest BCUT2D eigenvalue weighted by molar-refractivity contribution is 0.489. The standard InChI is InChI=1S/C13H15F2N3O/c1-3-16-12-10(14)6-11(15)13(18-12)17-7-9-5-4-8(2)19-9/h4-6H,3,7H2,1-2H3,(H2,16,17,18). The molecule has 19 heavy (non-hydrogen) atoms. The molecule has 0 aromatic carbocycles. The Hall–Kier alpha value is -2.11. The van der Waals surface area contributed by atoms with E-state index in [4.69, 9.17) is 4.42 Å². The minimum absolute atomic E-state index is 0.00796. The van der Waals surface area contributed by atoms with Crippen LogP contribution in [0, 0.1) is 18.6 Å². The summed E-state index contributed by atoms with van der Waals surface area (Å²) >= 11 is 0. The quantitative estimate of drug-likeness (QED) is 0.872. The molecule has 0 saturated carbocycles. The topological polar surface area (TPSA) is 50.1 Å². The van der Waals surface area contributed by atoms with Crippen molar-refractivity contribution in [1.29, 1.82) is 0 Å². The Morgan fingerprint density at radius 2 is 1.84 bits per heavy atom. The Bertz CT molecular complexity index is 569. The van der Waals surface area contributed by atoms with Gasteiger partial charge in [-0.25, -0.2) is 13.8 Å². The van der Waals surface area contributed by atoms with Gasteiger partial charge in [-0.05, 0) is 26.0 Å². The van der Waals surface area contributed by atoms with Crippen molar-refractivity contribution in [3.05, 3.63) is 41.4 Å². The van der Waals surface area contributed by atoms with Crippen LogP contribution in [0.25, 0.3) is 0 Å². The van der Waals surface area contributed by atoms with E-state index in [0.717, 1.165) is 11.8 Å². The van der Waals surface area contributed by atoms with Crippen LogP contribution in [0.4, 0.5) is 20.4 Å². The molecular weight excluding hydrogens is 252 g/mol. The number of hydrogen-bond donors (Lipinski definition) is 2. The first-order valence-corrected chi connectivity index (χ1v) is 5.99. The third kappa shape index (κ3) is 3.21. The van der Waals surface area contributed by atoms with Gasteiger partial charge in [0, 0.05) is 12.6 Å². The van der Waals surface area contributed by atoms with E-state index in [1.807, 2.05) is 19.9 Å². The van der Waals surface area contributed by atoms with Gasteiger partial charge < -0.3 is 15.1 Å². The number of nitrogens with zero attached hydrogens (tertiary/aromatic N) is 1. The maximum absolute atomic E-state index is 13.6. The monoisotopic (exact) mass is 267 g/mol. The van der Waals surface area contributed by atoms with Crippen molar-refractivity contribution in [1.82, 2.24) is 4.98 Å². The van der Waals surface area contributed by atoms with E-state index in [-0.39, 0.29) is 18.2 Å². The highest BCUT2D eigenvalue weighted by molar-refractivity contribution is 5.47. The molecule has 0 atom stereocenters. The third-order valence-corrected chi connectivity index (χ3v) is 2.50. The van der Waals surface area contributed by atoms with Crippen LogP contribution in [-0.4, -0.2) is 11.5 Å². The van der Waals surface area contributed by atoms with Gasteiger partial charge in [-0.1, -0.05) is 0 Å². The van der Waals surface area contributed by atoms with Crippen LogP contribution in [0.5, 0.6) is 0 Å². The van der Waals surface area contributed by atoms with Crippen LogP contribution in [0.3, 0.4) is 0 Å². The Morgan fingerprint density at radius 1 is 1.16 bits per heavy atom. The summed E-state index contributed by atoms with van der Waals surface area (Å²) in [6.45, 7) is 4.42. The van der Waals surface area contributed by atoms with E-state index in [0.29, 0.717) is 12.3 Å². The molecule has 4 nitrogen and oxygen atoms in total. The molecule has 0 spiro atoms. The maximum atomic E-state index is 13.6. The molecular formula is C13H15F2N3O. The van der Waals surface area contributed by atoms with Crippen molar-refractivity contribution in [2.24, 2.45) is 0 Å². The number of hydrogen-bond acceptors (Lipinski definition) is 4. The fourth-order valence-electron chi connectivity index (χ4n) is 1.63. The number of furan rings is 1. The highest BCUT2D eigenvalue weighted by Gasteiger charge is 2.11. The maximum Gasteiger partial charge on any atom is 0.168 e. The summed E-state index contributed by atoms with van der Waals surface area (Å²) < 4.78 is 32.3. The Labute approximate surface area is 109 Å². The summed E-state index contributed by atoms with van der Waals surface area (Å²) in [7, 11) is 0. The lowest BCUT2D eigenvalue weighted by Crippen LogP contribution is -2.08. The number of anilines is 2. The molecule has 0 aliphatic rings. The van der Waals surface area contributed by atoms with E-state index in [9.17, 15) is 8.78 Å². The van der Waals surface area contributed by atoms with E-state index >= 15 is 0 Å². The van der Waals surface area contributed by atoms with E-state index in [2.05, 4.69) is 15.6 Å². The summed E-state index contributed by atoms with van der Waals surface area (Å²) in [5.41, 5.74) is 0. The molecule has 0 fully saturated rings. The van der Waals surface area contributed by atoms with Crippen LogP contribution < -0.4 is 10.6 Å². The molecule has 2 aromatic rings. The highest BCUT2D eigenvalue weighted by Crippen LogP contribution is 2.19. The highest BCUT2D eigenvalue weighted by atomic mass is 19.1. The molecule has 0 amide bonds. The predicted molar refractivity (Wildman–Crippen MR) is 69.1 cm³/mol. The minimum atomic E-state index is -0.734. The molecule has 0 unspecified atom stereocenters. The van der Waals surface area contributed by atoms with E-state index in [1.165, 1.54) is 0 Å². The van der Waals surface area contributed by atoms with E-state index < -0.39 is 11.6 Å². The van der Waals surface area contributed by atoms with Crippen molar-refractivity contribution in [2.75, 3.05) is 17.2 Å². The molecule has 6 heteroatoms. The van der Waals surface area contributed by atoms with Gasteiger partial charge in [0.05, 0.1) is 6.54 Å². The predicted octanol–water partition coefficient (Wildman–Crippen LogP) is 3.31. The summed E-state index contributed by atoms with van der Waals surface area (Å²) in [4.78, 5) is 3.87. The van der Waals surface area contributed by atoms with Crippen LogP contribution in [0.2, 0.25) is 0 Å². The Kier molecular flexibility index (Phi) is 3.99. The smallest absolute Gasteiger partial charge is 0.168 e. The van der Waals surface area contributed by atoms with Gasteiger partial charge in [-0.3, -0.25) is 0 Å². The van der Waals surface area contributed by atoms with E-state index in [1.54, 1.807) is 6.07 Å². The molecule has 2 aromatic heterocycles. The molecule has 0 radical (unpaired) electrons. The van der Waals surface area contributed by atoms with Gasteiger partial charge in [0.15, 0.2) is 23.3 Å². The van der Waals surface area contributed by atoms with Gasteiger partial charge in [0.25, 0.3) is 0 Å². The molecule has 0 bridgehead atoms. The zero-order valence-corrected chi connectivity index (χ0v) is 10.8. The number of aromatic nitrogens is 1. The van der Waals surface area contributed by atoms with Gasteiger partial charge in [-0.2, -0.15) is 0 Å². The first kappa shape index (κ1) is 13.3. The number of rotatable bonds is 5. The number of halogens is 2. The normalized spacial score (nSPS) is 10.5. The fourth-order valence-corrected chi connectivity index (χ4v) is 1.63. The van der Waals surface area contributed by atoms with Crippen molar-refractivity contribution >= 4 is 11.6 Å².